The fraction of sp³-hybridized carbons (Fsp3) is 0.500. The van der Waals surface area contributed by atoms with Crippen molar-refractivity contribution in [3.8, 4) is 0 Å². The van der Waals surface area contributed by atoms with Gasteiger partial charge in [0.05, 0.1) is 12.6 Å². The van der Waals surface area contributed by atoms with Gasteiger partial charge in [-0.3, -0.25) is 9.63 Å². The van der Waals surface area contributed by atoms with E-state index in [4.69, 9.17) is 4.84 Å². The molecule has 1 aliphatic rings. The SMILES string of the molecule is CC(O)(C(=O)N1OCC[C@H]1c1ccc(F)nc1)C(F)(F)F. The zero-order valence-corrected chi connectivity index (χ0v) is 10.9. The van der Waals surface area contributed by atoms with E-state index in [1.807, 2.05) is 0 Å². The highest BCUT2D eigenvalue weighted by atomic mass is 19.4. The number of nitrogens with zero attached hydrogens (tertiary/aromatic N) is 2. The number of carbonyl (C=O) groups is 1. The summed E-state index contributed by atoms with van der Waals surface area (Å²) in [5.41, 5.74) is -3.25. The largest absolute Gasteiger partial charge is 0.426 e. The number of halogens is 4. The van der Waals surface area contributed by atoms with E-state index >= 15 is 0 Å². The van der Waals surface area contributed by atoms with Crippen LogP contribution in [0.4, 0.5) is 17.6 Å². The molecular formula is C12H12F4N2O3. The van der Waals surface area contributed by atoms with Gasteiger partial charge in [-0.25, -0.2) is 10.0 Å². The lowest BCUT2D eigenvalue weighted by atomic mass is 10.0. The van der Waals surface area contributed by atoms with Crippen LogP contribution in [-0.4, -0.2) is 39.4 Å². The molecule has 1 aromatic heterocycles. The number of hydrogen-bond donors (Lipinski definition) is 1. The summed E-state index contributed by atoms with van der Waals surface area (Å²) in [6.45, 7) is 0.360. The standard InChI is InChI=1S/C12H12F4N2O3/c1-11(20,12(14,15)16)10(19)18-8(4-5-21-18)7-2-3-9(13)17-6-7/h2-3,6,8,20H,4-5H2,1H3/t8-,11?/m0/s1. The molecule has 1 amide bonds. The monoisotopic (exact) mass is 308 g/mol. The highest BCUT2D eigenvalue weighted by Gasteiger charge is 2.59. The zero-order valence-electron chi connectivity index (χ0n) is 10.9. The first-order chi connectivity index (χ1) is 9.64. The molecule has 5 nitrogen and oxygen atoms in total. The Bertz CT molecular complexity index is 530. The molecule has 1 fully saturated rings. The van der Waals surface area contributed by atoms with Crippen LogP contribution >= 0.6 is 0 Å². The van der Waals surface area contributed by atoms with Crippen LogP contribution in [-0.2, 0) is 9.63 Å². The highest BCUT2D eigenvalue weighted by Crippen LogP contribution is 2.37. The molecule has 1 saturated heterocycles. The summed E-state index contributed by atoms with van der Waals surface area (Å²) < 4.78 is 50.9. The van der Waals surface area contributed by atoms with Gasteiger partial charge in [0, 0.05) is 12.6 Å². The molecule has 0 bridgehead atoms. The third-order valence-electron chi connectivity index (χ3n) is 3.21. The summed E-state index contributed by atoms with van der Waals surface area (Å²) in [5.74, 6) is -2.38. The third-order valence-corrected chi connectivity index (χ3v) is 3.21. The lowest BCUT2D eigenvalue weighted by molar-refractivity contribution is -0.265. The number of aromatic nitrogens is 1. The molecule has 0 radical (unpaired) electrons. The van der Waals surface area contributed by atoms with E-state index in [0.29, 0.717) is 17.6 Å². The molecule has 0 spiro atoms. The van der Waals surface area contributed by atoms with E-state index < -0.39 is 29.7 Å². The second-order valence-electron chi connectivity index (χ2n) is 4.75. The van der Waals surface area contributed by atoms with E-state index in [0.717, 1.165) is 12.3 Å². The highest BCUT2D eigenvalue weighted by molar-refractivity contribution is 5.85. The summed E-state index contributed by atoms with van der Waals surface area (Å²) in [4.78, 5) is 20.2. The number of alkyl halides is 3. The van der Waals surface area contributed by atoms with Crippen molar-refractivity contribution in [2.24, 2.45) is 0 Å². The molecule has 0 saturated carbocycles. The van der Waals surface area contributed by atoms with Crippen LogP contribution in [0.2, 0.25) is 0 Å². The van der Waals surface area contributed by atoms with Crippen LogP contribution in [0.25, 0.3) is 0 Å². The number of hydrogen-bond acceptors (Lipinski definition) is 4. The second-order valence-corrected chi connectivity index (χ2v) is 4.75. The maximum Gasteiger partial charge on any atom is 0.426 e. The molecule has 1 aromatic rings. The average molecular weight is 308 g/mol. The summed E-state index contributed by atoms with van der Waals surface area (Å²) in [6.07, 6.45) is -3.81. The number of pyridine rings is 1. The quantitative estimate of drug-likeness (QED) is 0.668. The fourth-order valence-electron chi connectivity index (χ4n) is 1.89. The maximum absolute atomic E-state index is 12.8. The van der Waals surface area contributed by atoms with Crippen molar-refractivity contribution in [2.75, 3.05) is 6.61 Å². The van der Waals surface area contributed by atoms with E-state index in [2.05, 4.69) is 4.98 Å². The lowest BCUT2D eigenvalue weighted by Gasteiger charge is -2.31. The van der Waals surface area contributed by atoms with Gasteiger partial charge in [0.25, 0.3) is 5.91 Å². The van der Waals surface area contributed by atoms with Gasteiger partial charge in [-0.05, 0) is 18.6 Å². The topological polar surface area (TPSA) is 62.7 Å². The normalized spacial score (nSPS) is 22.2. The number of rotatable bonds is 2. The van der Waals surface area contributed by atoms with Crippen LogP contribution in [0, 0.1) is 5.95 Å². The Balaban J connectivity index is 2.27. The van der Waals surface area contributed by atoms with Gasteiger partial charge in [0.1, 0.15) is 0 Å². The van der Waals surface area contributed by atoms with Gasteiger partial charge in [-0.15, -0.1) is 0 Å². The molecule has 2 rings (SSSR count). The van der Waals surface area contributed by atoms with Gasteiger partial charge >= 0.3 is 6.18 Å². The van der Waals surface area contributed by atoms with E-state index in [9.17, 15) is 27.5 Å². The molecule has 0 aliphatic carbocycles. The summed E-state index contributed by atoms with van der Waals surface area (Å²) in [5, 5.41) is 9.89. The van der Waals surface area contributed by atoms with Gasteiger partial charge < -0.3 is 5.11 Å². The maximum atomic E-state index is 12.8. The van der Waals surface area contributed by atoms with E-state index in [1.165, 1.54) is 6.07 Å². The number of carbonyl (C=O) groups excluding carboxylic acids is 1. The zero-order chi connectivity index (χ0) is 15.8. The Morgan fingerprint density at radius 1 is 1.48 bits per heavy atom. The smallest absolute Gasteiger partial charge is 0.373 e. The fourth-order valence-corrected chi connectivity index (χ4v) is 1.89. The molecule has 2 atom stereocenters. The molecule has 1 N–H and O–H groups in total. The number of amides is 1. The second kappa shape index (κ2) is 5.23. The van der Waals surface area contributed by atoms with Crippen molar-refractivity contribution >= 4 is 5.91 Å². The summed E-state index contributed by atoms with van der Waals surface area (Å²) in [6, 6.07) is 1.46. The Hall–Kier alpha value is -1.74. The van der Waals surface area contributed by atoms with Crippen LogP contribution in [0.15, 0.2) is 18.3 Å². The molecule has 1 aliphatic heterocycles. The minimum absolute atomic E-state index is 0.00171. The van der Waals surface area contributed by atoms with Crippen molar-refractivity contribution in [3.63, 3.8) is 0 Å². The van der Waals surface area contributed by atoms with Crippen molar-refractivity contribution in [3.05, 3.63) is 29.8 Å². The van der Waals surface area contributed by atoms with E-state index in [1.54, 1.807) is 0 Å². The van der Waals surface area contributed by atoms with Crippen molar-refractivity contribution < 1.29 is 32.3 Å². The first kappa shape index (κ1) is 15.6. The molecule has 0 aromatic carbocycles. The molecule has 9 heteroatoms. The van der Waals surface area contributed by atoms with Crippen molar-refractivity contribution in [1.29, 1.82) is 0 Å². The third kappa shape index (κ3) is 2.84. The van der Waals surface area contributed by atoms with Crippen molar-refractivity contribution in [1.82, 2.24) is 10.0 Å². The summed E-state index contributed by atoms with van der Waals surface area (Å²) >= 11 is 0. The minimum Gasteiger partial charge on any atom is -0.373 e. The summed E-state index contributed by atoms with van der Waals surface area (Å²) in [7, 11) is 0. The van der Waals surface area contributed by atoms with Crippen LogP contribution < -0.4 is 0 Å². The molecule has 2 heterocycles. The van der Waals surface area contributed by atoms with Crippen LogP contribution in [0.5, 0.6) is 0 Å². The van der Waals surface area contributed by atoms with Gasteiger partial charge in [0.15, 0.2) is 0 Å². The molecular weight excluding hydrogens is 296 g/mol. The van der Waals surface area contributed by atoms with Gasteiger partial charge in [-0.1, -0.05) is 6.07 Å². The Morgan fingerprint density at radius 3 is 2.67 bits per heavy atom. The molecule has 21 heavy (non-hydrogen) atoms. The Morgan fingerprint density at radius 2 is 2.14 bits per heavy atom. The molecule has 116 valence electrons. The Labute approximate surface area is 117 Å². The van der Waals surface area contributed by atoms with Gasteiger partial charge in [0.2, 0.25) is 11.5 Å². The number of aliphatic hydroxyl groups is 1. The van der Waals surface area contributed by atoms with Crippen LogP contribution in [0.3, 0.4) is 0 Å². The Kier molecular flexibility index (Phi) is 3.89. The van der Waals surface area contributed by atoms with Crippen molar-refractivity contribution in [2.45, 2.75) is 31.2 Å². The van der Waals surface area contributed by atoms with Gasteiger partial charge in [-0.2, -0.15) is 17.6 Å². The number of hydroxylamine groups is 2. The predicted octanol–water partition coefficient (Wildman–Crippen LogP) is 1.74. The van der Waals surface area contributed by atoms with Crippen LogP contribution in [0.1, 0.15) is 24.9 Å². The first-order valence-electron chi connectivity index (χ1n) is 6.01. The lowest BCUT2D eigenvalue weighted by Crippen LogP contribution is -2.55. The predicted molar refractivity (Wildman–Crippen MR) is 61.0 cm³/mol. The average Bonchev–Trinajstić information content (AvgIpc) is 2.86. The van der Waals surface area contributed by atoms with E-state index in [-0.39, 0.29) is 13.0 Å². The molecule has 1 unspecified atom stereocenters. The minimum atomic E-state index is -5.14. The first-order valence-corrected chi connectivity index (χ1v) is 6.01.